The molecule has 0 saturated carbocycles. The first-order valence-electron chi connectivity index (χ1n) is 8.32. The van der Waals surface area contributed by atoms with E-state index in [0.29, 0.717) is 29.4 Å². The molecule has 3 rings (SSSR count). The maximum atomic E-state index is 14.0. The van der Waals surface area contributed by atoms with Gasteiger partial charge in [0, 0.05) is 0 Å². The van der Waals surface area contributed by atoms with Crippen molar-refractivity contribution in [1.82, 2.24) is 15.1 Å². The topological polar surface area (TPSA) is 55.0 Å². The number of halogens is 5. The maximum Gasteiger partial charge on any atom is 0.200 e. The van der Waals surface area contributed by atoms with Crippen LogP contribution in [-0.2, 0) is 13.1 Å². The van der Waals surface area contributed by atoms with Crippen LogP contribution in [0.1, 0.15) is 22.7 Å². The van der Waals surface area contributed by atoms with Gasteiger partial charge in [-0.25, -0.2) is 22.0 Å². The lowest BCUT2D eigenvalue weighted by atomic mass is 10.1. The molecule has 0 fully saturated rings. The molecule has 0 aliphatic rings. The number of hydrogen-bond donors (Lipinski definition) is 2. The SMILES string of the molecule is Cc1nn(Cc2c(F)c(F)c(F)c(F)c2F)c(C)c1NC(=S)NCc1ccco1. The fourth-order valence-electron chi connectivity index (χ4n) is 2.71. The predicted octanol–water partition coefficient (Wildman–Crippen LogP) is 4.32. The largest absolute Gasteiger partial charge is 0.467 e. The molecule has 0 radical (unpaired) electrons. The number of aromatic nitrogens is 2. The van der Waals surface area contributed by atoms with Gasteiger partial charge in [0.2, 0.25) is 5.82 Å². The molecule has 0 spiro atoms. The van der Waals surface area contributed by atoms with E-state index in [1.807, 2.05) is 0 Å². The van der Waals surface area contributed by atoms with Gasteiger partial charge in [-0.05, 0) is 38.2 Å². The Morgan fingerprint density at radius 3 is 2.28 bits per heavy atom. The Morgan fingerprint density at radius 2 is 1.69 bits per heavy atom. The highest BCUT2D eigenvalue weighted by Crippen LogP contribution is 2.26. The van der Waals surface area contributed by atoms with Gasteiger partial charge in [-0.1, -0.05) is 0 Å². The fourth-order valence-corrected chi connectivity index (χ4v) is 2.88. The lowest BCUT2D eigenvalue weighted by molar-refractivity contribution is 0.366. The van der Waals surface area contributed by atoms with Crippen molar-refractivity contribution in [1.29, 1.82) is 0 Å². The Kier molecular flexibility index (Phi) is 5.87. The number of nitrogens with zero attached hydrogens (tertiary/aromatic N) is 2. The molecular weight excluding hydrogens is 415 g/mol. The molecule has 29 heavy (non-hydrogen) atoms. The Labute approximate surface area is 167 Å². The normalized spacial score (nSPS) is 11.0. The second-order valence-electron chi connectivity index (χ2n) is 6.14. The third-order valence-corrected chi connectivity index (χ3v) is 4.48. The quantitative estimate of drug-likeness (QED) is 0.273. The molecule has 2 N–H and O–H groups in total. The van der Waals surface area contributed by atoms with E-state index in [9.17, 15) is 22.0 Å². The van der Waals surface area contributed by atoms with Crippen molar-refractivity contribution in [3.05, 3.63) is 70.2 Å². The summed E-state index contributed by atoms with van der Waals surface area (Å²) in [6, 6.07) is 3.49. The van der Waals surface area contributed by atoms with Gasteiger partial charge in [-0.15, -0.1) is 0 Å². The number of thiocarbonyl (C=S) groups is 1. The third-order valence-electron chi connectivity index (χ3n) is 4.23. The number of rotatable bonds is 5. The van der Waals surface area contributed by atoms with Crippen LogP contribution in [-0.4, -0.2) is 14.9 Å². The summed E-state index contributed by atoms with van der Waals surface area (Å²) in [4.78, 5) is 0. The van der Waals surface area contributed by atoms with Gasteiger partial charge >= 0.3 is 0 Å². The summed E-state index contributed by atoms with van der Waals surface area (Å²) in [5.74, 6) is -9.32. The summed E-state index contributed by atoms with van der Waals surface area (Å²) in [6.45, 7) is 2.87. The number of aryl methyl sites for hydroxylation is 1. The highest BCUT2D eigenvalue weighted by atomic mass is 32.1. The van der Waals surface area contributed by atoms with Crippen molar-refractivity contribution in [2.75, 3.05) is 5.32 Å². The molecule has 154 valence electrons. The second kappa shape index (κ2) is 8.19. The van der Waals surface area contributed by atoms with E-state index in [1.165, 1.54) is 6.26 Å². The molecule has 0 aliphatic carbocycles. The van der Waals surface area contributed by atoms with Crippen LogP contribution in [0.5, 0.6) is 0 Å². The lowest BCUT2D eigenvalue weighted by Crippen LogP contribution is -2.28. The summed E-state index contributed by atoms with van der Waals surface area (Å²) in [5, 5.41) is 10.2. The van der Waals surface area contributed by atoms with Crippen molar-refractivity contribution in [2.24, 2.45) is 0 Å². The van der Waals surface area contributed by atoms with Crippen LogP contribution in [0.2, 0.25) is 0 Å². The Bertz CT molecular complexity index is 1040. The Hall–Kier alpha value is -2.95. The first kappa shape index (κ1) is 20.8. The monoisotopic (exact) mass is 430 g/mol. The smallest absolute Gasteiger partial charge is 0.200 e. The molecule has 0 aliphatic heterocycles. The average Bonchev–Trinajstić information content (AvgIpc) is 3.30. The minimum absolute atomic E-state index is 0.239. The van der Waals surface area contributed by atoms with E-state index in [-0.39, 0.29) is 5.11 Å². The molecule has 0 bridgehead atoms. The zero-order chi connectivity index (χ0) is 21.3. The van der Waals surface area contributed by atoms with Crippen LogP contribution < -0.4 is 10.6 Å². The lowest BCUT2D eigenvalue weighted by Gasteiger charge is -2.11. The summed E-state index contributed by atoms with van der Waals surface area (Å²) in [7, 11) is 0. The molecule has 0 atom stereocenters. The van der Waals surface area contributed by atoms with E-state index in [4.69, 9.17) is 16.6 Å². The van der Waals surface area contributed by atoms with Crippen LogP contribution in [0, 0.1) is 42.9 Å². The van der Waals surface area contributed by atoms with E-state index in [2.05, 4.69) is 15.7 Å². The van der Waals surface area contributed by atoms with Crippen molar-refractivity contribution in [3.63, 3.8) is 0 Å². The molecule has 2 heterocycles. The van der Waals surface area contributed by atoms with Crippen LogP contribution in [0.15, 0.2) is 22.8 Å². The van der Waals surface area contributed by atoms with Crippen LogP contribution in [0.3, 0.4) is 0 Å². The second-order valence-corrected chi connectivity index (χ2v) is 6.55. The molecule has 0 amide bonds. The molecule has 3 aromatic rings. The third kappa shape index (κ3) is 4.09. The van der Waals surface area contributed by atoms with Gasteiger partial charge in [0.25, 0.3) is 0 Å². The molecule has 0 saturated heterocycles. The van der Waals surface area contributed by atoms with Crippen LogP contribution in [0.4, 0.5) is 27.6 Å². The number of anilines is 1. The first-order chi connectivity index (χ1) is 13.7. The van der Waals surface area contributed by atoms with Crippen molar-refractivity contribution >= 4 is 23.0 Å². The highest BCUT2D eigenvalue weighted by molar-refractivity contribution is 7.80. The van der Waals surface area contributed by atoms with Crippen molar-refractivity contribution < 1.29 is 26.4 Å². The number of hydrogen-bond acceptors (Lipinski definition) is 3. The highest BCUT2D eigenvalue weighted by Gasteiger charge is 2.26. The van der Waals surface area contributed by atoms with Gasteiger partial charge in [0.1, 0.15) is 5.76 Å². The van der Waals surface area contributed by atoms with E-state index in [0.717, 1.165) is 4.68 Å². The van der Waals surface area contributed by atoms with Crippen LogP contribution >= 0.6 is 12.2 Å². The first-order valence-corrected chi connectivity index (χ1v) is 8.73. The van der Waals surface area contributed by atoms with Crippen molar-refractivity contribution in [2.45, 2.75) is 26.9 Å². The maximum absolute atomic E-state index is 14.0. The average molecular weight is 430 g/mol. The minimum Gasteiger partial charge on any atom is -0.467 e. The summed E-state index contributed by atoms with van der Waals surface area (Å²) in [5.41, 5.74) is 0.296. The molecule has 11 heteroatoms. The van der Waals surface area contributed by atoms with Gasteiger partial charge in [-0.2, -0.15) is 5.10 Å². The summed E-state index contributed by atoms with van der Waals surface area (Å²) < 4.78 is 74.3. The molecule has 1 aromatic carbocycles. The van der Waals surface area contributed by atoms with E-state index in [1.54, 1.807) is 26.0 Å². The summed E-state index contributed by atoms with van der Waals surface area (Å²) in [6.07, 6.45) is 1.52. The summed E-state index contributed by atoms with van der Waals surface area (Å²) >= 11 is 5.20. The van der Waals surface area contributed by atoms with Gasteiger partial charge in [0.15, 0.2) is 28.4 Å². The standard InChI is InChI=1S/C18H15F5N4OS/c1-8-17(25-18(29)24-6-10-4-3-5-28-10)9(2)27(26-8)7-11-12(19)14(21)16(23)15(22)13(11)20/h3-5H,6-7H2,1-2H3,(H2,24,25,29). The molecule has 5 nitrogen and oxygen atoms in total. The van der Waals surface area contributed by atoms with Gasteiger partial charge in [-0.3, -0.25) is 4.68 Å². The zero-order valence-electron chi connectivity index (χ0n) is 15.2. The van der Waals surface area contributed by atoms with Crippen LogP contribution in [0.25, 0.3) is 0 Å². The Morgan fingerprint density at radius 1 is 1.07 bits per heavy atom. The fraction of sp³-hybridized carbons (Fsp3) is 0.222. The number of nitrogens with one attached hydrogen (secondary N) is 2. The van der Waals surface area contributed by atoms with Crippen molar-refractivity contribution in [3.8, 4) is 0 Å². The number of furan rings is 1. The number of benzene rings is 1. The van der Waals surface area contributed by atoms with E-state index < -0.39 is 41.2 Å². The Balaban J connectivity index is 1.80. The zero-order valence-corrected chi connectivity index (χ0v) is 16.1. The molecule has 0 unspecified atom stereocenters. The molecular formula is C18H15F5N4OS. The van der Waals surface area contributed by atoms with Gasteiger partial charge in [0.05, 0.1) is 42.0 Å². The predicted molar refractivity (Wildman–Crippen MR) is 98.8 cm³/mol. The minimum atomic E-state index is -2.20. The van der Waals surface area contributed by atoms with Gasteiger partial charge < -0.3 is 15.1 Å². The molecule has 2 aromatic heterocycles. The van der Waals surface area contributed by atoms with E-state index >= 15 is 0 Å².